The first-order chi connectivity index (χ1) is 6.00. The number of nitrogens with two attached hydrogens (primary N) is 1. The molecule has 0 aliphatic carbocycles. The van der Waals surface area contributed by atoms with Crippen molar-refractivity contribution in [1.29, 1.82) is 0 Å². The molecule has 0 aromatic carbocycles. The molecule has 5 nitrogen and oxygen atoms in total. The van der Waals surface area contributed by atoms with Crippen LogP contribution in [0.25, 0.3) is 0 Å². The molecule has 1 atom stereocenters. The Kier molecular flexibility index (Phi) is 2.80. The largest absolute Gasteiger partial charge is 0.385 e. The molecule has 1 aromatic heterocycles. The van der Waals surface area contributed by atoms with Crippen LogP contribution in [0.5, 0.6) is 0 Å². The molecule has 1 heterocycles. The van der Waals surface area contributed by atoms with E-state index in [1.165, 1.54) is 16.2 Å². The highest BCUT2D eigenvalue weighted by atomic mass is 35.5. The molecule has 0 fully saturated rings. The van der Waals surface area contributed by atoms with Crippen LogP contribution in [-0.4, -0.2) is 20.8 Å². The van der Waals surface area contributed by atoms with E-state index < -0.39 is 6.10 Å². The number of aromatic nitrogens is 2. The van der Waals surface area contributed by atoms with E-state index in [9.17, 15) is 9.90 Å². The van der Waals surface area contributed by atoms with Crippen molar-refractivity contribution in [2.45, 2.75) is 6.10 Å². The number of aliphatic hydroxyl groups is 1. The summed E-state index contributed by atoms with van der Waals surface area (Å²) in [6, 6.07) is 0. The highest BCUT2D eigenvalue weighted by molar-refractivity contribution is 6.30. The molecule has 13 heavy (non-hydrogen) atoms. The molecule has 0 saturated carbocycles. The first kappa shape index (κ1) is 10.3. The summed E-state index contributed by atoms with van der Waals surface area (Å²) in [4.78, 5) is 11.3. The van der Waals surface area contributed by atoms with E-state index in [1.54, 1.807) is 7.05 Å². The van der Waals surface area contributed by atoms with Gasteiger partial charge in [0, 0.05) is 20.6 Å². The number of nitrogens with zero attached hydrogens (tertiary/aromatic N) is 2. The van der Waals surface area contributed by atoms with Gasteiger partial charge in [0.25, 0.3) is 0 Å². The minimum absolute atomic E-state index is 0.0387. The molecule has 1 aromatic rings. The quantitative estimate of drug-likeness (QED) is 0.675. The molecule has 0 radical (unpaired) electrons. The number of halogens is 1. The number of aliphatic hydroxyl groups excluding tert-OH is 1. The van der Waals surface area contributed by atoms with E-state index in [0.29, 0.717) is 5.69 Å². The fourth-order valence-electron chi connectivity index (χ4n) is 1.19. The maximum absolute atomic E-state index is 11.3. The molecular weight excluding hydrogens is 194 g/mol. The van der Waals surface area contributed by atoms with Gasteiger partial charge in [0.2, 0.25) is 0 Å². The van der Waals surface area contributed by atoms with Crippen LogP contribution in [0.4, 0.5) is 0 Å². The van der Waals surface area contributed by atoms with Gasteiger partial charge in [-0.2, -0.15) is 0 Å². The average Bonchev–Trinajstić information content (AvgIpc) is 2.30. The molecule has 6 heteroatoms. The first-order valence-electron chi connectivity index (χ1n) is 3.80. The summed E-state index contributed by atoms with van der Waals surface area (Å²) in [6.07, 6.45) is -0.897. The summed E-state index contributed by atoms with van der Waals surface area (Å²) in [5.74, 6) is 0. The maximum atomic E-state index is 11.3. The highest BCUT2D eigenvalue weighted by Gasteiger charge is 2.19. The monoisotopic (exact) mass is 205 g/mol. The van der Waals surface area contributed by atoms with Crippen LogP contribution in [0.2, 0.25) is 5.15 Å². The third-order valence-corrected chi connectivity index (χ3v) is 2.43. The topological polar surface area (TPSA) is 73.2 Å². The fourth-order valence-corrected chi connectivity index (χ4v) is 1.52. The lowest BCUT2D eigenvalue weighted by atomic mass is 10.3. The van der Waals surface area contributed by atoms with Crippen LogP contribution < -0.4 is 11.4 Å². The lowest BCUT2D eigenvalue weighted by Gasteiger charge is -2.07. The smallest absolute Gasteiger partial charge is 0.329 e. The Morgan fingerprint density at radius 1 is 1.54 bits per heavy atom. The van der Waals surface area contributed by atoms with Crippen molar-refractivity contribution in [3.8, 4) is 0 Å². The average molecular weight is 206 g/mol. The molecule has 1 rings (SSSR count). The van der Waals surface area contributed by atoms with Crippen LogP contribution in [-0.2, 0) is 14.1 Å². The zero-order chi connectivity index (χ0) is 10.2. The molecular formula is C7H12ClN3O2. The van der Waals surface area contributed by atoms with Gasteiger partial charge in [-0.05, 0) is 0 Å². The molecule has 3 N–H and O–H groups in total. The number of rotatable bonds is 2. The second kappa shape index (κ2) is 3.53. The molecule has 0 bridgehead atoms. The predicted molar refractivity (Wildman–Crippen MR) is 49.7 cm³/mol. The Hall–Kier alpha value is -0.780. The van der Waals surface area contributed by atoms with Crippen molar-refractivity contribution in [3.63, 3.8) is 0 Å². The molecule has 74 valence electrons. The Morgan fingerprint density at radius 3 is 2.38 bits per heavy atom. The van der Waals surface area contributed by atoms with Crippen molar-refractivity contribution < 1.29 is 5.11 Å². The van der Waals surface area contributed by atoms with Crippen LogP contribution in [0.1, 0.15) is 11.8 Å². The van der Waals surface area contributed by atoms with E-state index in [-0.39, 0.29) is 17.4 Å². The Morgan fingerprint density at radius 2 is 2.08 bits per heavy atom. The van der Waals surface area contributed by atoms with Crippen LogP contribution in [0.3, 0.4) is 0 Å². The standard InChI is InChI=1S/C7H12ClN3O2/c1-10-5(4(12)3-9)6(8)11(2)7(10)13/h4,12H,3,9H2,1-2H3. The molecule has 0 aliphatic heterocycles. The van der Waals surface area contributed by atoms with Gasteiger partial charge in [0.1, 0.15) is 11.3 Å². The molecule has 0 aliphatic rings. The first-order valence-corrected chi connectivity index (χ1v) is 4.17. The summed E-state index contributed by atoms with van der Waals surface area (Å²) in [5.41, 5.74) is 5.36. The van der Waals surface area contributed by atoms with Crippen molar-refractivity contribution in [2.24, 2.45) is 19.8 Å². The van der Waals surface area contributed by atoms with Gasteiger partial charge in [-0.15, -0.1) is 0 Å². The van der Waals surface area contributed by atoms with E-state index in [1.807, 2.05) is 0 Å². The van der Waals surface area contributed by atoms with Crippen LogP contribution in [0, 0.1) is 0 Å². The minimum atomic E-state index is -0.897. The van der Waals surface area contributed by atoms with Gasteiger partial charge in [0.15, 0.2) is 0 Å². The lowest BCUT2D eigenvalue weighted by molar-refractivity contribution is 0.178. The van der Waals surface area contributed by atoms with Gasteiger partial charge in [-0.3, -0.25) is 9.13 Å². The minimum Gasteiger partial charge on any atom is -0.385 e. The lowest BCUT2D eigenvalue weighted by Crippen LogP contribution is -2.22. The number of hydrogen-bond acceptors (Lipinski definition) is 3. The van der Waals surface area contributed by atoms with Crippen molar-refractivity contribution in [3.05, 3.63) is 21.3 Å². The second-order valence-corrected chi connectivity index (χ2v) is 3.19. The highest BCUT2D eigenvalue weighted by Crippen LogP contribution is 2.19. The summed E-state index contributed by atoms with van der Waals surface area (Å²) >= 11 is 5.82. The van der Waals surface area contributed by atoms with Crippen LogP contribution >= 0.6 is 11.6 Å². The van der Waals surface area contributed by atoms with Crippen molar-refractivity contribution >= 4 is 11.6 Å². The predicted octanol–water partition coefficient (Wildman–Crippen LogP) is -0.631. The third-order valence-electron chi connectivity index (χ3n) is 1.98. The zero-order valence-corrected chi connectivity index (χ0v) is 8.25. The second-order valence-electron chi connectivity index (χ2n) is 2.83. The van der Waals surface area contributed by atoms with E-state index >= 15 is 0 Å². The van der Waals surface area contributed by atoms with Gasteiger partial charge < -0.3 is 10.8 Å². The molecule has 0 saturated heterocycles. The molecule has 0 spiro atoms. The van der Waals surface area contributed by atoms with Gasteiger partial charge in [-0.25, -0.2) is 4.79 Å². The third kappa shape index (κ3) is 1.50. The summed E-state index contributed by atoms with van der Waals surface area (Å²) in [7, 11) is 3.08. The Balaban J connectivity index is 3.37. The zero-order valence-electron chi connectivity index (χ0n) is 7.49. The number of imidazole rings is 1. The van der Waals surface area contributed by atoms with Gasteiger partial charge in [0.05, 0.1) is 5.69 Å². The number of hydrogen-bond donors (Lipinski definition) is 2. The van der Waals surface area contributed by atoms with E-state index in [0.717, 1.165) is 0 Å². The van der Waals surface area contributed by atoms with Gasteiger partial charge in [-0.1, -0.05) is 11.6 Å². The van der Waals surface area contributed by atoms with Gasteiger partial charge >= 0.3 is 5.69 Å². The summed E-state index contributed by atoms with van der Waals surface area (Å²) < 4.78 is 2.55. The van der Waals surface area contributed by atoms with E-state index in [4.69, 9.17) is 17.3 Å². The molecule has 1 unspecified atom stereocenters. The van der Waals surface area contributed by atoms with Crippen molar-refractivity contribution in [1.82, 2.24) is 9.13 Å². The summed E-state index contributed by atoms with van der Waals surface area (Å²) in [5, 5.41) is 9.67. The maximum Gasteiger partial charge on any atom is 0.329 e. The van der Waals surface area contributed by atoms with Crippen molar-refractivity contribution in [2.75, 3.05) is 6.54 Å². The normalized spacial score (nSPS) is 13.3. The SMILES string of the molecule is Cn1c(Cl)c(C(O)CN)n(C)c1=O. The molecule has 0 amide bonds. The summed E-state index contributed by atoms with van der Waals surface area (Å²) in [6.45, 7) is 0.0387. The van der Waals surface area contributed by atoms with E-state index in [2.05, 4.69) is 0 Å². The Labute approximate surface area is 80.3 Å². The Bertz CT molecular complexity index is 369. The fraction of sp³-hybridized carbons (Fsp3) is 0.571. The van der Waals surface area contributed by atoms with Crippen LogP contribution in [0.15, 0.2) is 4.79 Å².